The predicted molar refractivity (Wildman–Crippen MR) is 115 cm³/mol. The predicted octanol–water partition coefficient (Wildman–Crippen LogP) is 3.25. The van der Waals surface area contributed by atoms with Crippen molar-refractivity contribution < 1.29 is 13.2 Å². The van der Waals surface area contributed by atoms with Crippen molar-refractivity contribution in [2.24, 2.45) is 5.92 Å². The van der Waals surface area contributed by atoms with Gasteiger partial charge in [-0.3, -0.25) is 4.79 Å². The van der Waals surface area contributed by atoms with Crippen LogP contribution in [-0.2, 0) is 27.7 Å². The van der Waals surface area contributed by atoms with Crippen LogP contribution in [0.5, 0.6) is 0 Å². The molecule has 0 radical (unpaired) electrons. The first-order valence-electron chi connectivity index (χ1n) is 10.5. The molecular weight excluding hydrogens is 384 g/mol. The molecule has 1 saturated heterocycles. The molecule has 29 heavy (non-hydrogen) atoms. The highest BCUT2D eigenvalue weighted by atomic mass is 32.2. The molecule has 0 unspecified atom stereocenters. The normalized spacial score (nSPS) is 18.0. The molecule has 0 aromatic heterocycles. The smallest absolute Gasteiger partial charge is 0.230 e. The lowest BCUT2D eigenvalue weighted by molar-refractivity contribution is -0.123. The van der Waals surface area contributed by atoms with E-state index >= 15 is 0 Å². The van der Waals surface area contributed by atoms with E-state index in [0.717, 1.165) is 30.6 Å². The van der Waals surface area contributed by atoms with E-state index in [9.17, 15) is 13.2 Å². The summed E-state index contributed by atoms with van der Waals surface area (Å²) >= 11 is 0. The standard InChI is InChI=1S/C23H28N2O3S/c26-23(25-17-14-20-10-4-5-11-22(20)25)21-12-15-24(16-13-21)29(27,28)18-6-9-19-7-2-1-3-8-19/h1-5,7-8,10-11,21H,6,9,12-18H2. The van der Waals surface area contributed by atoms with Gasteiger partial charge in [0.05, 0.1) is 5.75 Å². The van der Waals surface area contributed by atoms with Gasteiger partial charge in [-0.2, -0.15) is 0 Å². The summed E-state index contributed by atoms with van der Waals surface area (Å²) in [4.78, 5) is 14.9. The van der Waals surface area contributed by atoms with E-state index in [-0.39, 0.29) is 17.6 Å². The van der Waals surface area contributed by atoms with Gasteiger partial charge in [-0.1, -0.05) is 48.5 Å². The van der Waals surface area contributed by atoms with E-state index in [1.54, 1.807) is 4.31 Å². The van der Waals surface area contributed by atoms with Gasteiger partial charge in [-0.05, 0) is 49.3 Å². The van der Waals surface area contributed by atoms with Crippen LogP contribution in [0.1, 0.15) is 30.4 Å². The molecule has 2 aliphatic rings. The zero-order valence-electron chi connectivity index (χ0n) is 16.7. The van der Waals surface area contributed by atoms with Crippen molar-refractivity contribution in [3.8, 4) is 0 Å². The molecule has 6 heteroatoms. The molecule has 4 rings (SSSR count). The molecule has 2 heterocycles. The van der Waals surface area contributed by atoms with Crippen LogP contribution >= 0.6 is 0 Å². The van der Waals surface area contributed by atoms with Crippen LogP contribution in [0.3, 0.4) is 0 Å². The van der Waals surface area contributed by atoms with Crippen molar-refractivity contribution in [3.05, 3.63) is 65.7 Å². The second-order valence-electron chi connectivity index (χ2n) is 7.95. The summed E-state index contributed by atoms with van der Waals surface area (Å²) in [5.74, 6) is 0.230. The molecule has 0 aliphatic carbocycles. The highest BCUT2D eigenvalue weighted by molar-refractivity contribution is 7.89. The molecule has 2 aromatic carbocycles. The summed E-state index contributed by atoms with van der Waals surface area (Å²) in [7, 11) is -3.26. The van der Waals surface area contributed by atoms with Crippen molar-refractivity contribution in [2.75, 3.05) is 30.3 Å². The number of amides is 1. The fourth-order valence-corrected chi connectivity index (χ4v) is 5.94. The Labute approximate surface area is 173 Å². The number of benzene rings is 2. The van der Waals surface area contributed by atoms with E-state index in [1.807, 2.05) is 53.4 Å². The third kappa shape index (κ3) is 4.54. The molecule has 2 aliphatic heterocycles. The number of sulfonamides is 1. The van der Waals surface area contributed by atoms with Crippen molar-refractivity contribution in [3.63, 3.8) is 0 Å². The van der Waals surface area contributed by atoms with Crippen molar-refractivity contribution in [2.45, 2.75) is 32.1 Å². The number of para-hydroxylation sites is 1. The summed E-state index contributed by atoms with van der Waals surface area (Å²) in [6.07, 6.45) is 3.50. The number of aryl methyl sites for hydroxylation is 1. The average Bonchev–Trinajstić information content (AvgIpc) is 3.18. The fraction of sp³-hybridized carbons (Fsp3) is 0.435. The van der Waals surface area contributed by atoms with Crippen LogP contribution in [0.25, 0.3) is 0 Å². The largest absolute Gasteiger partial charge is 0.312 e. The van der Waals surface area contributed by atoms with E-state index in [1.165, 1.54) is 5.56 Å². The van der Waals surface area contributed by atoms with Crippen LogP contribution in [0.15, 0.2) is 54.6 Å². The quantitative estimate of drug-likeness (QED) is 0.732. The number of piperidine rings is 1. The number of anilines is 1. The van der Waals surface area contributed by atoms with Crippen LogP contribution < -0.4 is 4.90 Å². The van der Waals surface area contributed by atoms with Gasteiger partial charge in [0.15, 0.2) is 0 Å². The van der Waals surface area contributed by atoms with Crippen molar-refractivity contribution in [1.82, 2.24) is 4.31 Å². The Morgan fingerprint density at radius 3 is 2.38 bits per heavy atom. The van der Waals surface area contributed by atoms with E-state index in [4.69, 9.17) is 0 Å². The molecule has 0 saturated carbocycles. The molecule has 2 aromatic rings. The number of carbonyl (C=O) groups excluding carboxylic acids is 1. The first-order valence-corrected chi connectivity index (χ1v) is 12.1. The van der Waals surface area contributed by atoms with Crippen molar-refractivity contribution >= 4 is 21.6 Å². The van der Waals surface area contributed by atoms with Gasteiger partial charge in [-0.25, -0.2) is 12.7 Å². The van der Waals surface area contributed by atoms with Crippen LogP contribution in [-0.4, -0.2) is 44.0 Å². The monoisotopic (exact) mass is 412 g/mol. The zero-order chi connectivity index (χ0) is 20.3. The third-order valence-electron chi connectivity index (χ3n) is 6.06. The number of rotatable bonds is 6. The van der Waals surface area contributed by atoms with Gasteiger partial charge < -0.3 is 4.90 Å². The van der Waals surface area contributed by atoms with Crippen LogP contribution in [0.4, 0.5) is 5.69 Å². The van der Waals surface area contributed by atoms with Crippen LogP contribution in [0, 0.1) is 5.92 Å². The molecule has 0 atom stereocenters. The maximum atomic E-state index is 13.0. The van der Waals surface area contributed by atoms with Gasteiger partial charge >= 0.3 is 0 Å². The maximum absolute atomic E-state index is 13.0. The van der Waals surface area contributed by atoms with Crippen molar-refractivity contribution in [1.29, 1.82) is 0 Å². The van der Waals surface area contributed by atoms with E-state index in [2.05, 4.69) is 6.07 Å². The first kappa shape index (κ1) is 20.1. The maximum Gasteiger partial charge on any atom is 0.230 e. The Hall–Kier alpha value is -2.18. The SMILES string of the molecule is O=C(C1CCN(S(=O)(=O)CCCc2ccccc2)CC1)N1CCc2ccccc21. The second kappa shape index (κ2) is 8.67. The summed E-state index contributed by atoms with van der Waals surface area (Å²) in [5.41, 5.74) is 3.41. The summed E-state index contributed by atoms with van der Waals surface area (Å²) in [5, 5.41) is 0. The zero-order valence-corrected chi connectivity index (χ0v) is 17.5. The summed E-state index contributed by atoms with van der Waals surface area (Å²) in [6, 6.07) is 18.0. The second-order valence-corrected chi connectivity index (χ2v) is 10.0. The van der Waals surface area contributed by atoms with Gasteiger partial charge in [0.1, 0.15) is 0 Å². The Kier molecular flexibility index (Phi) is 6.01. The highest BCUT2D eigenvalue weighted by Crippen LogP contribution is 2.31. The summed E-state index contributed by atoms with van der Waals surface area (Å²) in [6.45, 7) is 1.62. The lowest BCUT2D eigenvalue weighted by atomic mass is 9.96. The van der Waals surface area contributed by atoms with Gasteiger partial charge in [-0.15, -0.1) is 0 Å². The lowest BCUT2D eigenvalue weighted by Crippen LogP contribution is -2.44. The minimum atomic E-state index is -3.26. The van der Waals surface area contributed by atoms with Gasteiger partial charge in [0.2, 0.25) is 15.9 Å². The Bertz CT molecular complexity index is 951. The molecule has 0 N–H and O–H groups in total. The molecule has 1 fully saturated rings. The molecule has 0 bridgehead atoms. The van der Waals surface area contributed by atoms with Gasteiger partial charge in [0, 0.05) is 31.2 Å². The van der Waals surface area contributed by atoms with Crippen LogP contribution in [0.2, 0.25) is 0 Å². The topological polar surface area (TPSA) is 57.7 Å². The Morgan fingerprint density at radius 2 is 1.62 bits per heavy atom. The molecule has 1 amide bonds. The number of hydrogen-bond acceptors (Lipinski definition) is 3. The van der Waals surface area contributed by atoms with E-state index < -0.39 is 10.0 Å². The third-order valence-corrected chi connectivity index (χ3v) is 8.02. The molecule has 154 valence electrons. The number of carbonyl (C=O) groups is 1. The fourth-order valence-electron chi connectivity index (χ4n) is 4.40. The Morgan fingerprint density at radius 1 is 0.931 bits per heavy atom. The number of nitrogens with zero attached hydrogens (tertiary/aromatic N) is 2. The minimum Gasteiger partial charge on any atom is -0.312 e. The van der Waals surface area contributed by atoms with E-state index in [0.29, 0.717) is 32.4 Å². The number of fused-ring (bicyclic) bond motifs is 1. The Balaban J connectivity index is 1.29. The first-order chi connectivity index (χ1) is 14.0. The highest BCUT2D eigenvalue weighted by Gasteiger charge is 2.35. The molecular formula is C23H28N2O3S. The number of hydrogen-bond donors (Lipinski definition) is 0. The molecule has 0 spiro atoms. The average molecular weight is 413 g/mol. The minimum absolute atomic E-state index is 0.0862. The lowest BCUT2D eigenvalue weighted by Gasteiger charge is -2.32. The molecule has 5 nitrogen and oxygen atoms in total. The summed E-state index contributed by atoms with van der Waals surface area (Å²) < 4.78 is 27.0. The van der Waals surface area contributed by atoms with Gasteiger partial charge in [0.25, 0.3) is 0 Å².